The minimum absolute atomic E-state index is 0.00516. The summed E-state index contributed by atoms with van der Waals surface area (Å²) in [5.74, 6) is -0.281. The summed E-state index contributed by atoms with van der Waals surface area (Å²) in [6, 6.07) is 15.2. The number of benzene rings is 2. The quantitative estimate of drug-likeness (QED) is 0.680. The summed E-state index contributed by atoms with van der Waals surface area (Å²) in [5, 5.41) is 3.60. The maximum Gasteiger partial charge on any atom is 0.223 e. The van der Waals surface area contributed by atoms with E-state index in [0.717, 1.165) is 12.0 Å². The molecule has 2 aromatic rings. The van der Waals surface area contributed by atoms with Crippen molar-refractivity contribution in [2.24, 2.45) is 5.92 Å². The Morgan fingerprint density at radius 3 is 2.37 bits per heavy atom. The lowest BCUT2D eigenvalue weighted by Crippen LogP contribution is -2.44. The third kappa shape index (κ3) is 5.62. The molecular weight excluding hydrogens is 420 g/mol. The highest BCUT2D eigenvalue weighted by Crippen LogP contribution is 2.25. The fourth-order valence-corrected chi connectivity index (χ4v) is 5.69. The Bertz CT molecular complexity index is 968. The smallest absolute Gasteiger partial charge is 0.223 e. The van der Waals surface area contributed by atoms with Crippen LogP contribution in [-0.2, 0) is 20.6 Å². The normalized spacial score (nSPS) is 16.9. The number of rotatable bonds is 7. The lowest BCUT2D eigenvalue weighted by Gasteiger charge is -2.31. The zero-order valence-electron chi connectivity index (χ0n) is 17.5. The van der Waals surface area contributed by atoms with E-state index in [9.17, 15) is 13.2 Å². The van der Waals surface area contributed by atoms with Crippen molar-refractivity contribution < 1.29 is 13.2 Å². The van der Waals surface area contributed by atoms with Gasteiger partial charge in [-0.15, -0.1) is 0 Å². The fraction of sp³-hybridized carbons (Fsp3) is 0.435. The Kier molecular flexibility index (Phi) is 7.55. The highest BCUT2D eigenvalue weighted by atomic mass is 35.5. The van der Waals surface area contributed by atoms with Crippen LogP contribution in [0.4, 0.5) is 0 Å². The van der Waals surface area contributed by atoms with E-state index in [1.165, 1.54) is 9.87 Å². The van der Waals surface area contributed by atoms with E-state index in [4.69, 9.17) is 11.6 Å². The van der Waals surface area contributed by atoms with Gasteiger partial charge in [0.05, 0.1) is 11.8 Å². The zero-order chi connectivity index (χ0) is 21.7. The number of carbonyl (C=O) groups is 1. The lowest BCUT2D eigenvalue weighted by atomic mass is 9.95. The monoisotopic (exact) mass is 448 g/mol. The van der Waals surface area contributed by atoms with E-state index in [1.54, 1.807) is 24.3 Å². The number of sulfonamides is 1. The number of hydrogen-bond acceptors (Lipinski definition) is 3. The molecule has 30 heavy (non-hydrogen) atoms. The summed E-state index contributed by atoms with van der Waals surface area (Å²) in [4.78, 5) is 12.8. The average Bonchev–Trinajstić information content (AvgIpc) is 2.74. The molecule has 1 saturated heterocycles. The van der Waals surface area contributed by atoms with Gasteiger partial charge in [-0.2, -0.15) is 0 Å². The van der Waals surface area contributed by atoms with E-state index in [0.29, 0.717) is 36.5 Å². The average molecular weight is 449 g/mol. The second kappa shape index (κ2) is 9.94. The first-order chi connectivity index (χ1) is 14.3. The molecule has 0 aliphatic carbocycles. The van der Waals surface area contributed by atoms with Gasteiger partial charge >= 0.3 is 0 Å². The molecule has 1 atom stereocenters. The molecule has 1 aliphatic heterocycles. The van der Waals surface area contributed by atoms with Gasteiger partial charge in [0, 0.05) is 24.0 Å². The summed E-state index contributed by atoms with van der Waals surface area (Å²) < 4.78 is 27.1. The van der Waals surface area contributed by atoms with E-state index in [2.05, 4.69) is 12.2 Å². The molecule has 1 aliphatic rings. The maximum absolute atomic E-state index is 12.8. The second-order valence-electron chi connectivity index (χ2n) is 7.90. The van der Waals surface area contributed by atoms with Gasteiger partial charge in [0.25, 0.3) is 0 Å². The molecular formula is C23H29ClN2O3S. The van der Waals surface area contributed by atoms with Crippen LogP contribution in [0.3, 0.4) is 0 Å². The first-order valence-corrected chi connectivity index (χ1v) is 12.4. The summed E-state index contributed by atoms with van der Waals surface area (Å²) in [6.45, 7) is 4.80. The molecule has 0 unspecified atom stereocenters. The van der Waals surface area contributed by atoms with Crippen LogP contribution < -0.4 is 5.32 Å². The van der Waals surface area contributed by atoms with Gasteiger partial charge in [0.1, 0.15) is 0 Å². The van der Waals surface area contributed by atoms with E-state index in [1.807, 2.05) is 31.2 Å². The Morgan fingerprint density at radius 2 is 1.77 bits per heavy atom. The van der Waals surface area contributed by atoms with Gasteiger partial charge in [0.15, 0.2) is 0 Å². The van der Waals surface area contributed by atoms with E-state index < -0.39 is 10.0 Å². The third-order valence-electron chi connectivity index (χ3n) is 5.72. The second-order valence-corrected chi connectivity index (χ2v) is 10.3. The van der Waals surface area contributed by atoms with Crippen molar-refractivity contribution in [2.75, 3.05) is 13.1 Å². The highest BCUT2D eigenvalue weighted by molar-refractivity contribution is 7.88. The molecule has 0 spiro atoms. The first kappa shape index (κ1) is 22.8. The summed E-state index contributed by atoms with van der Waals surface area (Å²) in [7, 11) is -3.47. The molecule has 0 bridgehead atoms. The van der Waals surface area contributed by atoms with Crippen LogP contribution in [0.5, 0.6) is 0 Å². The Morgan fingerprint density at radius 1 is 1.13 bits per heavy atom. The molecule has 0 saturated carbocycles. The number of halogens is 1. The van der Waals surface area contributed by atoms with E-state index in [-0.39, 0.29) is 23.6 Å². The van der Waals surface area contributed by atoms with Crippen LogP contribution >= 0.6 is 11.6 Å². The van der Waals surface area contributed by atoms with Crippen LogP contribution in [-0.4, -0.2) is 31.7 Å². The van der Waals surface area contributed by atoms with Crippen molar-refractivity contribution in [1.29, 1.82) is 0 Å². The largest absolute Gasteiger partial charge is 0.349 e. The molecule has 7 heteroatoms. The minimum Gasteiger partial charge on any atom is -0.349 e. The number of nitrogens with zero attached hydrogens (tertiary/aromatic N) is 1. The molecule has 0 aromatic heterocycles. The predicted molar refractivity (Wildman–Crippen MR) is 121 cm³/mol. The standard InChI is InChI=1S/C23H29ClN2O3S/c1-3-22(18-10-8-17(2)9-11-18)25-23(27)19-12-14-26(15-13-19)30(28,29)16-20-6-4-5-7-21(20)24/h4-11,19,22H,3,12-16H2,1-2H3,(H,25,27)/t22-/m0/s1. The van der Waals surface area contributed by atoms with E-state index >= 15 is 0 Å². The maximum atomic E-state index is 12.8. The van der Waals surface area contributed by atoms with Crippen LogP contribution in [0.1, 0.15) is 48.9 Å². The van der Waals surface area contributed by atoms with Crippen LogP contribution in [0.15, 0.2) is 48.5 Å². The number of aryl methyl sites for hydroxylation is 1. The van der Waals surface area contributed by atoms with Crippen molar-refractivity contribution in [3.63, 3.8) is 0 Å². The third-order valence-corrected chi connectivity index (χ3v) is 7.91. The lowest BCUT2D eigenvalue weighted by molar-refractivity contribution is -0.126. The summed E-state index contributed by atoms with van der Waals surface area (Å²) in [6.07, 6.45) is 1.86. The number of hydrogen-bond donors (Lipinski definition) is 1. The SMILES string of the molecule is CC[C@H](NC(=O)C1CCN(S(=O)(=O)Cc2ccccc2Cl)CC1)c1ccc(C)cc1. The topological polar surface area (TPSA) is 66.5 Å². The highest BCUT2D eigenvalue weighted by Gasteiger charge is 2.32. The van der Waals surface area contributed by atoms with Gasteiger partial charge in [-0.3, -0.25) is 4.79 Å². The minimum atomic E-state index is -3.47. The van der Waals surface area contributed by atoms with Gasteiger partial charge < -0.3 is 5.32 Å². The molecule has 3 rings (SSSR count). The zero-order valence-corrected chi connectivity index (χ0v) is 19.0. The number of nitrogens with one attached hydrogen (secondary N) is 1. The molecule has 0 radical (unpaired) electrons. The van der Waals surface area contributed by atoms with Gasteiger partial charge in [0.2, 0.25) is 15.9 Å². The van der Waals surface area contributed by atoms with Crippen LogP contribution in [0.2, 0.25) is 5.02 Å². The molecule has 1 fully saturated rings. The number of carbonyl (C=O) groups excluding carboxylic acids is 1. The molecule has 1 N–H and O–H groups in total. The van der Waals surface area contributed by atoms with Crippen molar-refractivity contribution in [3.8, 4) is 0 Å². The molecule has 1 heterocycles. The molecule has 1 amide bonds. The van der Waals surface area contributed by atoms with Crippen molar-refractivity contribution in [3.05, 3.63) is 70.2 Å². The van der Waals surface area contributed by atoms with Crippen molar-refractivity contribution >= 4 is 27.5 Å². The molecule has 2 aromatic carbocycles. The Hall–Kier alpha value is -1.89. The summed E-state index contributed by atoms with van der Waals surface area (Å²) in [5.41, 5.74) is 2.88. The Labute approximate surface area is 184 Å². The summed E-state index contributed by atoms with van der Waals surface area (Å²) >= 11 is 6.12. The Balaban J connectivity index is 1.57. The molecule has 5 nitrogen and oxygen atoms in total. The van der Waals surface area contributed by atoms with Crippen LogP contribution in [0, 0.1) is 12.8 Å². The van der Waals surface area contributed by atoms with Crippen molar-refractivity contribution in [1.82, 2.24) is 9.62 Å². The number of piperidine rings is 1. The van der Waals surface area contributed by atoms with Crippen molar-refractivity contribution in [2.45, 2.75) is 44.9 Å². The number of amides is 1. The van der Waals surface area contributed by atoms with Gasteiger partial charge in [-0.25, -0.2) is 12.7 Å². The molecule has 162 valence electrons. The predicted octanol–water partition coefficient (Wildman–Crippen LogP) is 4.46. The van der Waals surface area contributed by atoms with Gasteiger partial charge in [-0.05, 0) is 43.4 Å². The fourth-order valence-electron chi connectivity index (χ4n) is 3.81. The van der Waals surface area contributed by atoms with Crippen LogP contribution in [0.25, 0.3) is 0 Å². The van der Waals surface area contributed by atoms with Gasteiger partial charge in [-0.1, -0.05) is 66.6 Å². The first-order valence-electron chi connectivity index (χ1n) is 10.4.